The summed E-state index contributed by atoms with van der Waals surface area (Å²) in [6.45, 7) is 1.16. The Bertz CT molecular complexity index is 608. The average Bonchev–Trinajstić information content (AvgIpc) is 2.51. The maximum Gasteiger partial charge on any atom is 0.240 e. The summed E-state index contributed by atoms with van der Waals surface area (Å²) >= 11 is 3.33. The number of carbonyl (C=O) groups excluding carboxylic acids is 2. The Morgan fingerprint density at radius 2 is 1.86 bits per heavy atom. The number of hydrogen-bond donors (Lipinski definition) is 0. The highest BCUT2D eigenvalue weighted by atomic mass is 79.9. The highest BCUT2D eigenvalue weighted by Gasteiger charge is 2.29. The number of rotatable bonds is 2. The van der Waals surface area contributed by atoms with Crippen LogP contribution in [0.4, 0.5) is 15.8 Å². The quantitative estimate of drug-likeness (QED) is 0.751. The number of hydrogen-bond acceptors (Lipinski definition) is 2. The molecular formula is C16H18BrFN2O2. The minimum absolute atomic E-state index is 0.0352. The summed E-state index contributed by atoms with van der Waals surface area (Å²) in [6, 6.07) is 4.70. The average molecular weight is 369 g/mol. The third kappa shape index (κ3) is 2.89. The van der Waals surface area contributed by atoms with Gasteiger partial charge in [0.25, 0.3) is 0 Å². The number of halogens is 2. The van der Waals surface area contributed by atoms with Gasteiger partial charge in [0.05, 0.1) is 10.5 Å². The zero-order chi connectivity index (χ0) is 15.7. The number of benzene rings is 1. The second-order valence-corrected chi connectivity index (χ2v) is 6.84. The summed E-state index contributed by atoms with van der Waals surface area (Å²) in [5, 5.41) is 0. The Morgan fingerprint density at radius 1 is 1.09 bits per heavy atom. The zero-order valence-corrected chi connectivity index (χ0v) is 13.8. The first-order valence-electron chi connectivity index (χ1n) is 7.63. The van der Waals surface area contributed by atoms with Gasteiger partial charge in [-0.1, -0.05) is 15.9 Å². The maximum atomic E-state index is 14.5. The highest BCUT2D eigenvalue weighted by Crippen LogP contribution is 2.30. The molecule has 2 aliphatic heterocycles. The van der Waals surface area contributed by atoms with Crippen molar-refractivity contribution in [3.63, 3.8) is 0 Å². The number of anilines is 2. The van der Waals surface area contributed by atoms with E-state index in [9.17, 15) is 14.0 Å². The molecule has 0 N–H and O–H groups in total. The Kier molecular flexibility index (Phi) is 4.47. The van der Waals surface area contributed by atoms with Crippen molar-refractivity contribution in [3.05, 3.63) is 24.0 Å². The third-order valence-corrected chi connectivity index (χ3v) is 5.08. The first kappa shape index (κ1) is 15.5. The lowest BCUT2D eigenvalue weighted by molar-refractivity contribution is -0.120. The van der Waals surface area contributed by atoms with E-state index in [1.807, 2.05) is 0 Å². The molecule has 1 atom stereocenters. The largest absolute Gasteiger partial charge is 0.312 e. The number of alkyl halides is 1. The van der Waals surface area contributed by atoms with Crippen LogP contribution in [-0.2, 0) is 9.59 Å². The molecule has 0 aromatic heterocycles. The molecule has 2 heterocycles. The summed E-state index contributed by atoms with van der Waals surface area (Å²) in [5.41, 5.74) is 0.869. The van der Waals surface area contributed by atoms with Crippen LogP contribution in [0, 0.1) is 5.82 Å². The van der Waals surface area contributed by atoms with E-state index in [-0.39, 0.29) is 16.6 Å². The van der Waals surface area contributed by atoms with E-state index in [0.717, 1.165) is 25.7 Å². The Morgan fingerprint density at radius 3 is 2.59 bits per heavy atom. The zero-order valence-electron chi connectivity index (χ0n) is 12.2. The van der Waals surface area contributed by atoms with Crippen molar-refractivity contribution in [2.24, 2.45) is 0 Å². The van der Waals surface area contributed by atoms with Gasteiger partial charge in [0.1, 0.15) is 5.82 Å². The molecule has 118 valence electrons. The predicted octanol–water partition coefficient (Wildman–Crippen LogP) is 3.23. The van der Waals surface area contributed by atoms with Gasteiger partial charge in [-0.2, -0.15) is 0 Å². The summed E-state index contributed by atoms with van der Waals surface area (Å²) < 4.78 is 14.5. The normalized spacial score (nSPS) is 23.1. The van der Waals surface area contributed by atoms with Gasteiger partial charge in [-0.3, -0.25) is 9.59 Å². The van der Waals surface area contributed by atoms with Gasteiger partial charge in [-0.05, 0) is 43.9 Å². The molecule has 1 aromatic rings. The van der Waals surface area contributed by atoms with Crippen molar-refractivity contribution in [1.29, 1.82) is 0 Å². The molecule has 0 aliphatic carbocycles. The maximum absolute atomic E-state index is 14.5. The van der Waals surface area contributed by atoms with Gasteiger partial charge in [0.15, 0.2) is 0 Å². The predicted molar refractivity (Wildman–Crippen MR) is 86.9 cm³/mol. The van der Waals surface area contributed by atoms with Crippen LogP contribution in [0.2, 0.25) is 0 Å². The lowest BCUT2D eigenvalue weighted by atomic mass is 10.1. The van der Waals surface area contributed by atoms with Crippen LogP contribution < -0.4 is 9.80 Å². The first-order chi connectivity index (χ1) is 10.6. The molecule has 2 saturated heterocycles. The van der Waals surface area contributed by atoms with Crippen molar-refractivity contribution in [2.45, 2.75) is 36.9 Å². The topological polar surface area (TPSA) is 40.6 Å². The summed E-state index contributed by atoms with van der Waals surface area (Å²) in [7, 11) is 0. The second kappa shape index (κ2) is 6.36. The molecule has 3 rings (SSSR count). The van der Waals surface area contributed by atoms with Gasteiger partial charge >= 0.3 is 0 Å². The van der Waals surface area contributed by atoms with E-state index in [2.05, 4.69) is 15.9 Å². The Balaban J connectivity index is 1.86. The van der Waals surface area contributed by atoms with Crippen molar-refractivity contribution >= 4 is 39.1 Å². The van der Waals surface area contributed by atoms with Crippen molar-refractivity contribution in [2.75, 3.05) is 22.9 Å². The van der Waals surface area contributed by atoms with Crippen LogP contribution in [0.3, 0.4) is 0 Å². The third-order valence-electron chi connectivity index (χ3n) is 4.23. The van der Waals surface area contributed by atoms with Gasteiger partial charge in [-0.25, -0.2) is 4.39 Å². The number of amides is 2. The number of nitrogens with zero attached hydrogens (tertiary/aromatic N) is 2. The molecule has 22 heavy (non-hydrogen) atoms. The minimum Gasteiger partial charge on any atom is -0.312 e. The van der Waals surface area contributed by atoms with Crippen molar-refractivity contribution < 1.29 is 14.0 Å². The van der Waals surface area contributed by atoms with E-state index in [4.69, 9.17) is 0 Å². The van der Waals surface area contributed by atoms with Gasteiger partial charge in [0, 0.05) is 25.2 Å². The molecule has 2 aliphatic rings. The molecule has 6 heteroatoms. The number of piperidine rings is 2. The smallest absolute Gasteiger partial charge is 0.240 e. The van der Waals surface area contributed by atoms with Crippen LogP contribution in [0.15, 0.2) is 18.2 Å². The van der Waals surface area contributed by atoms with Crippen LogP contribution in [0.5, 0.6) is 0 Å². The fraction of sp³-hybridized carbons (Fsp3) is 0.500. The lowest BCUT2D eigenvalue weighted by Crippen LogP contribution is -2.42. The molecule has 0 bridgehead atoms. The molecule has 2 fully saturated rings. The van der Waals surface area contributed by atoms with Crippen molar-refractivity contribution in [1.82, 2.24) is 0 Å². The van der Waals surface area contributed by atoms with Gasteiger partial charge in [-0.15, -0.1) is 0 Å². The van der Waals surface area contributed by atoms with Crippen LogP contribution in [0.1, 0.15) is 32.1 Å². The minimum atomic E-state index is -0.453. The van der Waals surface area contributed by atoms with Gasteiger partial charge < -0.3 is 9.80 Å². The SMILES string of the molecule is O=C1CCCCN1c1ccc(N2CCCC(Br)C2=O)c(F)c1. The van der Waals surface area contributed by atoms with Crippen LogP contribution >= 0.6 is 15.9 Å². The summed E-state index contributed by atoms with van der Waals surface area (Å²) in [6.07, 6.45) is 3.96. The summed E-state index contributed by atoms with van der Waals surface area (Å²) in [4.78, 5) is 27.0. The van der Waals surface area contributed by atoms with Gasteiger partial charge in [0.2, 0.25) is 11.8 Å². The summed E-state index contributed by atoms with van der Waals surface area (Å²) in [5.74, 6) is -0.522. The standard InChI is InChI=1S/C16H18BrFN2O2/c17-12-4-3-9-20(16(12)22)14-7-6-11(10-13(14)18)19-8-2-1-5-15(19)21/h6-7,10,12H,1-5,8-9H2. The Hall–Kier alpha value is -1.43. The molecule has 1 unspecified atom stereocenters. The van der Waals surface area contributed by atoms with Crippen LogP contribution in [0.25, 0.3) is 0 Å². The molecule has 1 aromatic carbocycles. The lowest BCUT2D eigenvalue weighted by Gasteiger charge is -2.31. The van der Waals surface area contributed by atoms with E-state index in [1.165, 1.54) is 11.0 Å². The first-order valence-corrected chi connectivity index (χ1v) is 8.55. The molecule has 4 nitrogen and oxygen atoms in total. The number of carbonyl (C=O) groups is 2. The van der Waals surface area contributed by atoms with E-state index < -0.39 is 5.82 Å². The molecule has 0 radical (unpaired) electrons. The molecule has 0 spiro atoms. The molecule has 2 amide bonds. The van der Waals surface area contributed by atoms with Crippen LogP contribution in [-0.4, -0.2) is 29.7 Å². The van der Waals surface area contributed by atoms with E-state index >= 15 is 0 Å². The van der Waals surface area contributed by atoms with Crippen molar-refractivity contribution in [3.8, 4) is 0 Å². The monoisotopic (exact) mass is 368 g/mol. The fourth-order valence-electron chi connectivity index (χ4n) is 3.03. The van der Waals surface area contributed by atoms with E-state index in [1.54, 1.807) is 17.0 Å². The van der Waals surface area contributed by atoms with E-state index in [0.29, 0.717) is 30.9 Å². The fourth-order valence-corrected chi connectivity index (χ4v) is 3.60. The molecule has 0 saturated carbocycles. The second-order valence-electron chi connectivity index (χ2n) is 5.74. The highest BCUT2D eigenvalue weighted by molar-refractivity contribution is 9.10. The molecular weight excluding hydrogens is 351 g/mol. The Labute approximate surface area is 137 Å².